The molecule has 2 amide bonds. The quantitative estimate of drug-likeness (QED) is 0.645. The minimum Gasteiger partial charge on any atom is -0.354 e. The summed E-state index contributed by atoms with van der Waals surface area (Å²) in [6, 6.07) is 8.10. The molecule has 5 rings (SSSR count). The van der Waals surface area contributed by atoms with E-state index in [4.69, 9.17) is 0 Å². The van der Waals surface area contributed by atoms with Gasteiger partial charge in [-0.3, -0.25) is 14.5 Å². The van der Waals surface area contributed by atoms with Gasteiger partial charge in [0.1, 0.15) is 0 Å². The van der Waals surface area contributed by atoms with Crippen molar-refractivity contribution in [2.24, 2.45) is 0 Å². The first-order valence-corrected chi connectivity index (χ1v) is 10.8. The molecule has 0 atom stereocenters. The topological polar surface area (TPSA) is 56.4 Å². The van der Waals surface area contributed by atoms with Crippen LogP contribution in [0.2, 0.25) is 0 Å². The molecule has 0 saturated heterocycles. The van der Waals surface area contributed by atoms with Crippen LogP contribution in [-0.4, -0.2) is 52.8 Å². The number of carbonyl (C=O) groups excluding carboxylic acids is 2. The molecule has 1 N–H and O–H groups in total. The molecule has 0 saturated carbocycles. The summed E-state index contributed by atoms with van der Waals surface area (Å²) in [7, 11) is 0. The summed E-state index contributed by atoms with van der Waals surface area (Å²) in [4.78, 5) is 34.2. The van der Waals surface area contributed by atoms with Gasteiger partial charge in [-0.1, -0.05) is 32.0 Å². The van der Waals surface area contributed by atoms with Crippen molar-refractivity contribution >= 4 is 33.6 Å². The number of nitrogens with one attached hydrogen (secondary N) is 1. The average molecular weight is 389 g/mol. The molecule has 150 valence electrons. The largest absolute Gasteiger partial charge is 0.354 e. The highest BCUT2D eigenvalue weighted by Crippen LogP contribution is 2.42. The zero-order chi connectivity index (χ0) is 20.1. The number of aromatic nitrogens is 1. The number of hydrogen-bond acceptors (Lipinski definition) is 3. The summed E-state index contributed by atoms with van der Waals surface area (Å²) in [5.74, 6) is -0.205. The van der Waals surface area contributed by atoms with E-state index < -0.39 is 0 Å². The number of nitrogens with zero attached hydrogens (tertiary/aromatic N) is 2. The van der Waals surface area contributed by atoms with Crippen LogP contribution in [-0.2, 0) is 12.8 Å². The molecular weight excluding hydrogens is 362 g/mol. The number of carbonyl (C=O) groups is 2. The predicted octanol–water partition coefficient (Wildman–Crippen LogP) is 4.14. The first kappa shape index (κ1) is 18.4. The van der Waals surface area contributed by atoms with Crippen molar-refractivity contribution in [2.45, 2.75) is 39.5 Å². The lowest BCUT2D eigenvalue weighted by atomic mass is 9.94. The monoisotopic (exact) mass is 389 g/mol. The zero-order valence-corrected chi connectivity index (χ0v) is 17.2. The van der Waals surface area contributed by atoms with Crippen molar-refractivity contribution in [1.82, 2.24) is 14.8 Å². The van der Waals surface area contributed by atoms with Gasteiger partial charge < -0.3 is 9.88 Å². The van der Waals surface area contributed by atoms with Crippen molar-refractivity contribution < 1.29 is 9.59 Å². The molecule has 29 heavy (non-hydrogen) atoms. The summed E-state index contributed by atoms with van der Waals surface area (Å²) >= 11 is 0. The molecule has 1 aromatic heterocycles. The van der Waals surface area contributed by atoms with Gasteiger partial charge in [0.05, 0.1) is 16.6 Å². The lowest BCUT2D eigenvalue weighted by Crippen LogP contribution is -2.33. The van der Waals surface area contributed by atoms with Gasteiger partial charge in [0.2, 0.25) is 0 Å². The van der Waals surface area contributed by atoms with Crippen molar-refractivity contribution in [3.8, 4) is 0 Å². The van der Waals surface area contributed by atoms with Crippen molar-refractivity contribution in [2.75, 3.05) is 26.2 Å². The fourth-order valence-corrected chi connectivity index (χ4v) is 5.21. The molecule has 2 aliphatic rings. The highest BCUT2D eigenvalue weighted by Gasteiger charge is 2.41. The van der Waals surface area contributed by atoms with Gasteiger partial charge in [0, 0.05) is 22.8 Å². The van der Waals surface area contributed by atoms with Crippen LogP contribution >= 0.6 is 0 Å². The van der Waals surface area contributed by atoms with Crippen LogP contribution in [0.15, 0.2) is 24.3 Å². The van der Waals surface area contributed by atoms with Gasteiger partial charge in [-0.15, -0.1) is 0 Å². The molecule has 0 bridgehead atoms. The molecule has 5 nitrogen and oxygen atoms in total. The Balaban J connectivity index is 1.61. The van der Waals surface area contributed by atoms with Gasteiger partial charge in [0.25, 0.3) is 11.8 Å². The summed E-state index contributed by atoms with van der Waals surface area (Å²) in [5.41, 5.74) is 5.74. The number of para-hydroxylation sites is 1. The molecule has 3 aromatic rings. The Bertz CT molecular complexity index is 1140. The van der Waals surface area contributed by atoms with E-state index in [1.54, 1.807) is 0 Å². The molecule has 1 aliphatic carbocycles. The maximum Gasteiger partial charge on any atom is 0.262 e. The summed E-state index contributed by atoms with van der Waals surface area (Å²) in [6.07, 6.45) is 3.71. The highest BCUT2D eigenvalue weighted by atomic mass is 16.2. The lowest BCUT2D eigenvalue weighted by molar-refractivity contribution is 0.0648. The summed E-state index contributed by atoms with van der Waals surface area (Å²) in [6.45, 7) is 7.65. The molecule has 2 heterocycles. The number of imide groups is 1. The second-order valence-electron chi connectivity index (χ2n) is 8.12. The Morgan fingerprint density at radius 1 is 1.00 bits per heavy atom. The molecule has 0 fully saturated rings. The third-order valence-electron chi connectivity index (χ3n) is 6.70. The maximum absolute atomic E-state index is 13.5. The van der Waals surface area contributed by atoms with Crippen molar-refractivity contribution in [3.63, 3.8) is 0 Å². The smallest absolute Gasteiger partial charge is 0.262 e. The SMILES string of the molecule is CCN(CC)CCCN1C(=O)c2c3c(c4[nH]c5ccccc5c4c2C1=O)CCC3. The number of benzene rings is 2. The van der Waals surface area contributed by atoms with Gasteiger partial charge in [-0.25, -0.2) is 0 Å². The highest BCUT2D eigenvalue weighted by molar-refractivity contribution is 6.31. The van der Waals surface area contributed by atoms with E-state index in [1.165, 1.54) is 10.5 Å². The van der Waals surface area contributed by atoms with Crippen molar-refractivity contribution in [3.05, 3.63) is 46.5 Å². The van der Waals surface area contributed by atoms with E-state index in [1.807, 2.05) is 18.2 Å². The molecular formula is C24H27N3O2. The van der Waals surface area contributed by atoms with E-state index in [2.05, 4.69) is 29.8 Å². The number of aryl methyl sites for hydroxylation is 1. The Morgan fingerprint density at radius 3 is 2.52 bits per heavy atom. The third-order valence-corrected chi connectivity index (χ3v) is 6.70. The van der Waals surface area contributed by atoms with Crippen LogP contribution in [0.25, 0.3) is 21.8 Å². The van der Waals surface area contributed by atoms with Crippen LogP contribution in [0.3, 0.4) is 0 Å². The molecule has 2 aromatic carbocycles. The Morgan fingerprint density at radius 2 is 1.72 bits per heavy atom. The molecule has 0 spiro atoms. The van der Waals surface area contributed by atoms with Crippen LogP contribution < -0.4 is 0 Å². The first-order chi connectivity index (χ1) is 14.2. The Hall–Kier alpha value is -2.66. The van der Waals surface area contributed by atoms with Crippen molar-refractivity contribution in [1.29, 1.82) is 0 Å². The van der Waals surface area contributed by atoms with Crippen LogP contribution in [0.5, 0.6) is 0 Å². The van der Waals surface area contributed by atoms with Crippen LogP contribution in [0.1, 0.15) is 58.5 Å². The second kappa shape index (κ2) is 6.99. The minimum absolute atomic E-state index is 0.0881. The molecule has 0 radical (unpaired) electrons. The van der Waals surface area contributed by atoms with E-state index in [0.717, 1.165) is 72.7 Å². The van der Waals surface area contributed by atoms with Gasteiger partial charge in [-0.2, -0.15) is 0 Å². The fraction of sp³-hybridized carbons (Fsp3) is 0.417. The normalized spacial score (nSPS) is 15.9. The fourth-order valence-electron chi connectivity index (χ4n) is 5.21. The van der Waals surface area contributed by atoms with Gasteiger partial charge in [0.15, 0.2) is 0 Å². The average Bonchev–Trinajstić information content (AvgIpc) is 3.41. The zero-order valence-electron chi connectivity index (χ0n) is 17.2. The molecule has 5 heteroatoms. The lowest BCUT2D eigenvalue weighted by Gasteiger charge is -2.20. The van der Waals surface area contributed by atoms with E-state index in [0.29, 0.717) is 17.7 Å². The number of H-pyrrole nitrogens is 1. The summed E-state index contributed by atoms with van der Waals surface area (Å²) < 4.78 is 0. The molecule has 1 aliphatic heterocycles. The summed E-state index contributed by atoms with van der Waals surface area (Å²) in [5, 5.41) is 1.99. The number of rotatable bonds is 6. The predicted molar refractivity (Wildman–Crippen MR) is 116 cm³/mol. The second-order valence-corrected chi connectivity index (χ2v) is 8.12. The van der Waals surface area contributed by atoms with Gasteiger partial charge in [-0.05, 0) is 62.5 Å². The van der Waals surface area contributed by atoms with E-state index >= 15 is 0 Å². The standard InChI is InChI=1S/C24H27N3O2/c1-3-26(4-2)13-8-14-27-23(28)20-15-10-7-11-16(15)22-19(21(20)24(27)29)17-9-5-6-12-18(17)25-22/h5-6,9,12,25H,3-4,7-8,10-11,13-14H2,1-2H3. The number of fused-ring (bicyclic) bond motifs is 8. The first-order valence-electron chi connectivity index (χ1n) is 10.8. The van der Waals surface area contributed by atoms with E-state index in [9.17, 15) is 9.59 Å². The number of amides is 2. The van der Waals surface area contributed by atoms with Crippen LogP contribution in [0.4, 0.5) is 0 Å². The number of aromatic amines is 1. The minimum atomic E-state index is -0.117. The van der Waals surface area contributed by atoms with E-state index in [-0.39, 0.29) is 11.8 Å². The Labute approximate surface area is 170 Å². The maximum atomic E-state index is 13.5. The Kier molecular flexibility index (Phi) is 4.43. The van der Waals surface area contributed by atoms with Crippen LogP contribution in [0, 0.1) is 0 Å². The molecule has 0 unspecified atom stereocenters. The van der Waals surface area contributed by atoms with Gasteiger partial charge >= 0.3 is 0 Å². The number of hydrogen-bond donors (Lipinski definition) is 1. The third kappa shape index (κ3) is 2.64.